The minimum Gasteiger partial charge on any atom is -0.348 e. The van der Waals surface area contributed by atoms with Crippen LogP contribution in [0.3, 0.4) is 0 Å². The van der Waals surface area contributed by atoms with Gasteiger partial charge in [0.25, 0.3) is 5.91 Å². The van der Waals surface area contributed by atoms with Crippen LogP contribution >= 0.6 is 11.3 Å². The lowest BCUT2D eigenvalue weighted by Gasteiger charge is -2.30. The van der Waals surface area contributed by atoms with Gasteiger partial charge in [-0.05, 0) is 65.8 Å². The second kappa shape index (κ2) is 9.52. The maximum absolute atomic E-state index is 13.2. The van der Waals surface area contributed by atoms with Crippen LogP contribution in [0.5, 0.6) is 0 Å². The molecule has 1 aromatic carbocycles. The summed E-state index contributed by atoms with van der Waals surface area (Å²) in [4.78, 5) is 41.5. The van der Waals surface area contributed by atoms with Gasteiger partial charge < -0.3 is 10.2 Å². The Bertz CT molecular complexity index is 1400. The maximum Gasteiger partial charge on any atom is 0.254 e. The Balaban J connectivity index is 1.29. The van der Waals surface area contributed by atoms with Crippen LogP contribution in [0.15, 0.2) is 60.4 Å². The van der Waals surface area contributed by atoms with Gasteiger partial charge in [-0.15, -0.1) is 11.3 Å². The lowest BCUT2D eigenvalue weighted by atomic mass is 9.94. The van der Waals surface area contributed by atoms with E-state index in [2.05, 4.69) is 20.3 Å². The normalized spacial score (nSPS) is 13.3. The van der Waals surface area contributed by atoms with Crippen molar-refractivity contribution in [3.8, 4) is 0 Å². The number of nitrogens with zero attached hydrogens (tertiary/aromatic N) is 4. The van der Waals surface area contributed by atoms with Crippen molar-refractivity contribution < 1.29 is 9.59 Å². The summed E-state index contributed by atoms with van der Waals surface area (Å²) >= 11 is 1.59. The van der Waals surface area contributed by atoms with E-state index < -0.39 is 0 Å². The third-order valence-electron chi connectivity index (χ3n) is 5.98. The number of hydrogen-bond acceptors (Lipinski definition) is 6. The number of aryl methyl sites for hydroxylation is 1. The van der Waals surface area contributed by atoms with Crippen LogP contribution in [0, 0.1) is 6.92 Å². The van der Waals surface area contributed by atoms with E-state index in [1.54, 1.807) is 41.9 Å². The second-order valence-electron chi connectivity index (χ2n) is 8.13. The zero-order valence-electron chi connectivity index (χ0n) is 18.7. The van der Waals surface area contributed by atoms with E-state index >= 15 is 0 Å². The molecule has 5 rings (SSSR count). The van der Waals surface area contributed by atoms with Crippen molar-refractivity contribution in [2.24, 2.45) is 0 Å². The summed E-state index contributed by atoms with van der Waals surface area (Å²) in [6, 6.07) is 9.33. The Morgan fingerprint density at radius 2 is 2.00 bits per heavy atom. The Hall–Kier alpha value is -3.91. The van der Waals surface area contributed by atoms with Crippen molar-refractivity contribution >= 4 is 40.3 Å². The molecule has 0 atom stereocenters. The molecule has 0 radical (unpaired) electrons. The number of carbonyl (C=O) groups is 2. The highest BCUT2D eigenvalue weighted by Crippen LogP contribution is 2.25. The van der Waals surface area contributed by atoms with E-state index in [-0.39, 0.29) is 11.8 Å². The van der Waals surface area contributed by atoms with Crippen molar-refractivity contribution in [2.75, 3.05) is 6.54 Å². The van der Waals surface area contributed by atoms with Gasteiger partial charge >= 0.3 is 0 Å². The number of fused-ring (bicyclic) bond motifs is 2. The fourth-order valence-corrected chi connectivity index (χ4v) is 4.81. The zero-order chi connectivity index (χ0) is 23.5. The van der Waals surface area contributed by atoms with Crippen molar-refractivity contribution in [2.45, 2.75) is 26.4 Å². The van der Waals surface area contributed by atoms with Gasteiger partial charge in [0.1, 0.15) is 0 Å². The monoisotopic (exact) mass is 469 g/mol. The van der Waals surface area contributed by atoms with Gasteiger partial charge in [-0.1, -0.05) is 6.07 Å². The van der Waals surface area contributed by atoms with Crippen LogP contribution in [0.2, 0.25) is 0 Å². The number of pyridine rings is 1. The Morgan fingerprint density at radius 3 is 2.82 bits per heavy atom. The molecule has 0 fully saturated rings. The van der Waals surface area contributed by atoms with Crippen molar-refractivity contribution in [1.82, 2.24) is 25.2 Å². The number of carbonyl (C=O) groups excluding carboxylic acids is 2. The molecule has 0 saturated heterocycles. The number of hydrogen-bond donors (Lipinski definition) is 1. The summed E-state index contributed by atoms with van der Waals surface area (Å²) in [5, 5.41) is 4.95. The number of aromatic nitrogens is 3. The van der Waals surface area contributed by atoms with Gasteiger partial charge in [0.2, 0.25) is 5.91 Å². The molecule has 0 unspecified atom stereocenters. The summed E-state index contributed by atoms with van der Waals surface area (Å²) in [5.74, 6) is -0.176. The first-order valence-electron chi connectivity index (χ1n) is 11.0. The van der Waals surface area contributed by atoms with Crippen molar-refractivity contribution in [1.29, 1.82) is 0 Å². The molecule has 0 bridgehead atoms. The number of nitrogens with one attached hydrogen (secondary N) is 1. The number of benzene rings is 1. The summed E-state index contributed by atoms with van der Waals surface area (Å²) in [5.41, 5.74) is 6.18. The first kappa shape index (κ1) is 21.9. The van der Waals surface area contributed by atoms with Gasteiger partial charge in [0.05, 0.1) is 11.0 Å². The molecule has 0 spiro atoms. The molecule has 170 valence electrons. The SMILES string of the molecule is Cc1ncc2c(c1CNC(=O)/C=C/c1cccs1)CCN(C(=O)c1ccc3nccnc3c1)C2. The smallest absolute Gasteiger partial charge is 0.254 e. The Kier molecular flexibility index (Phi) is 6.14. The minimum atomic E-state index is -0.141. The molecular weight excluding hydrogens is 446 g/mol. The Morgan fingerprint density at radius 1 is 1.15 bits per heavy atom. The molecule has 4 aromatic rings. The third kappa shape index (κ3) is 4.58. The van der Waals surface area contributed by atoms with Crippen LogP contribution in [-0.2, 0) is 24.3 Å². The van der Waals surface area contributed by atoms with E-state index in [0.29, 0.717) is 37.1 Å². The molecule has 0 saturated carbocycles. The van der Waals surface area contributed by atoms with Gasteiger partial charge in [-0.25, -0.2) is 0 Å². The van der Waals surface area contributed by atoms with E-state index in [9.17, 15) is 9.59 Å². The topological polar surface area (TPSA) is 88.1 Å². The third-order valence-corrected chi connectivity index (χ3v) is 6.82. The first-order valence-corrected chi connectivity index (χ1v) is 11.9. The largest absolute Gasteiger partial charge is 0.348 e. The molecule has 1 aliphatic heterocycles. The predicted molar refractivity (Wildman–Crippen MR) is 132 cm³/mol. The Labute approximate surface area is 201 Å². The lowest BCUT2D eigenvalue weighted by molar-refractivity contribution is -0.116. The standard InChI is InChI=1S/C26H23N5O2S/c1-17-22(15-30-25(32)7-5-20-3-2-12-34-20)21-8-11-31(16-19(21)14-29-17)26(33)18-4-6-23-24(13-18)28-10-9-27-23/h2-7,9-10,12-14H,8,11,15-16H2,1H3,(H,30,32)/b7-5+. The van der Waals surface area contributed by atoms with Crippen molar-refractivity contribution in [3.63, 3.8) is 0 Å². The average molecular weight is 470 g/mol. The molecule has 34 heavy (non-hydrogen) atoms. The van der Waals surface area contributed by atoms with E-state index in [1.807, 2.05) is 47.7 Å². The number of rotatable bonds is 5. The van der Waals surface area contributed by atoms with E-state index in [4.69, 9.17) is 0 Å². The quantitative estimate of drug-likeness (QED) is 0.448. The van der Waals surface area contributed by atoms with Gasteiger partial charge in [0, 0.05) is 60.4 Å². The fraction of sp³-hybridized carbons (Fsp3) is 0.192. The van der Waals surface area contributed by atoms with Gasteiger partial charge in [-0.2, -0.15) is 0 Å². The molecule has 3 aromatic heterocycles. The van der Waals surface area contributed by atoms with Gasteiger partial charge in [-0.3, -0.25) is 24.5 Å². The van der Waals surface area contributed by atoms with Crippen LogP contribution < -0.4 is 5.32 Å². The van der Waals surface area contributed by atoms with Crippen molar-refractivity contribution in [3.05, 3.63) is 93.2 Å². The molecule has 7 nitrogen and oxygen atoms in total. The number of thiophene rings is 1. The summed E-state index contributed by atoms with van der Waals surface area (Å²) in [6.07, 6.45) is 9.19. The summed E-state index contributed by atoms with van der Waals surface area (Å²) < 4.78 is 0. The highest BCUT2D eigenvalue weighted by molar-refractivity contribution is 7.10. The summed E-state index contributed by atoms with van der Waals surface area (Å²) in [6.45, 7) is 3.45. The lowest BCUT2D eigenvalue weighted by Crippen LogP contribution is -2.37. The van der Waals surface area contributed by atoms with Crippen LogP contribution in [0.1, 0.15) is 37.6 Å². The first-order chi connectivity index (χ1) is 16.6. The molecule has 0 aliphatic carbocycles. The van der Waals surface area contributed by atoms with Crippen LogP contribution in [0.25, 0.3) is 17.1 Å². The van der Waals surface area contributed by atoms with E-state index in [1.165, 1.54) is 5.56 Å². The zero-order valence-corrected chi connectivity index (χ0v) is 19.5. The highest BCUT2D eigenvalue weighted by atomic mass is 32.1. The van der Waals surface area contributed by atoms with Crippen LogP contribution in [-0.4, -0.2) is 38.2 Å². The fourth-order valence-electron chi connectivity index (χ4n) is 4.19. The predicted octanol–water partition coefficient (Wildman–Crippen LogP) is 3.92. The second-order valence-corrected chi connectivity index (χ2v) is 9.11. The van der Waals surface area contributed by atoms with Gasteiger partial charge in [0.15, 0.2) is 0 Å². The molecule has 1 N–H and O–H groups in total. The molecule has 4 heterocycles. The molecule has 1 aliphatic rings. The van der Waals surface area contributed by atoms with E-state index in [0.717, 1.165) is 27.2 Å². The molecule has 2 amide bonds. The average Bonchev–Trinajstić information content (AvgIpc) is 3.39. The minimum absolute atomic E-state index is 0.0349. The molecule has 8 heteroatoms. The molecular formula is C26H23N5O2S. The highest BCUT2D eigenvalue weighted by Gasteiger charge is 2.25. The van der Waals surface area contributed by atoms with Crippen LogP contribution in [0.4, 0.5) is 0 Å². The summed E-state index contributed by atoms with van der Waals surface area (Å²) in [7, 11) is 0. The number of amides is 2. The maximum atomic E-state index is 13.2.